The second kappa shape index (κ2) is 6.40. The van der Waals surface area contributed by atoms with Gasteiger partial charge in [0.15, 0.2) is 11.5 Å². The van der Waals surface area contributed by atoms with E-state index in [-0.39, 0.29) is 11.8 Å². The van der Waals surface area contributed by atoms with Crippen molar-refractivity contribution in [3.05, 3.63) is 41.2 Å². The van der Waals surface area contributed by atoms with Crippen molar-refractivity contribution in [2.24, 2.45) is 7.05 Å². The van der Waals surface area contributed by atoms with Gasteiger partial charge in [0, 0.05) is 44.9 Å². The molecule has 7 nitrogen and oxygen atoms in total. The van der Waals surface area contributed by atoms with Gasteiger partial charge in [0.25, 0.3) is 5.91 Å². The highest BCUT2D eigenvalue weighted by atomic mass is 16.6. The number of aryl methyl sites for hydroxylation is 1. The molecule has 1 aromatic heterocycles. The highest BCUT2D eigenvalue weighted by Gasteiger charge is 2.33. The molecule has 0 spiro atoms. The fraction of sp³-hybridized carbons (Fsp3) is 0.444. The maximum Gasteiger partial charge on any atom is 0.258 e. The molecule has 0 saturated heterocycles. The first kappa shape index (κ1) is 16.0. The van der Waals surface area contributed by atoms with Crippen molar-refractivity contribution in [3.8, 4) is 11.5 Å². The summed E-state index contributed by atoms with van der Waals surface area (Å²) in [6.07, 6.45) is 1.97. The van der Waals surface area contributed by atoms with Crippen LogP contribution in [0.5, 0.6) is 11.5 Å². The van der Waals surface area contributed by atoms with E-state index in [1.807, 2.05) is 30.3 Å². The first-order valence-corrected chi connectivity index (χ1v) is 8.36. The van der Waals surface area contributed by atoms with Crippen molar-refractivity contribution < 1.29 is 19.0 Å². The van der Waals surface area contributed by atoms with Crippen molar-refractivity contribution in [2.75, 3.05) is 33.5 Å². The Labute approximate surface area is 146 Å². The van der Waals surface area contributed by atoms with Crippen molar-refractivity contribution in [1.29, 1.82) is 0 Å². The van der Waals surface area contributed by atoms with Crippen LogP contribution < -0.4 is 9.47 Å². The molecule has 2 aliphatic rings. The number of methoxy groups -OCH3 is 1. The molecule has 7 heteroatoms. The Kier molecular flexibility index (Phi) is 4.09. The maximum absolute atomic E-state index is 13.2. The normalized spacial score (nSPS) is 18.8. The van der Waals surface area contributed by atoms with Gasteiger partial charge in [-0.2, -0.15) is 5.10 Å². The molecular weight excluding hydrogens is 322 g/mol. The van der Waals surface area contributed by atoms with Crippen LogP contribution in [0.15, 0.2) is 24.4 Å². The summed E-state index contributed by atoms with van der Waals surface area (Å²) in [4.78, 5) is 15.0. The third kappa shape index (κ3) is 2.84. The van der Waals surface area contributed by atoms with Gasteiger partial charge < -0.3 is 19.1 Å². The van der Waals surface area contributed by atoms with Crippen LogP contribution >= 0.6 is 0 Å². The van der Waals surface area contributed by atoms with Gasteiger partial charge in [0.2, 0.25) is 0 Å². The summed E-state index contributed by atoms with van der Waals surface area (Å²) in [5.41, 5.74) is 2.62. The Morgan fingerprint density at radius 3 is 3.04 bits per heavy atom. The van der Waals surface area contributed by atoms with Gasteiger partial charge in [0.1, 0.15) is 13.2 Å². The molecule has 0 fully saturated rings. The average molecular weight is 343 g/mol. The molecule has 2 aromatic rings. The van der Waals surface area contributed by atoms with Crippen LogP contribution in [-0.4, -0.2) is 54.1 Å². The van der Waals surface area contributed by atoms with Crippen molar-refractivity contribution >= 4 is 5.91 Å². The van der Waals surface area contributed by atoms with Crippen LogP contribution in [0.25, 0.3) is 0 Å². The molecule has 0 saturated carbocycles. The van der Waals surface area contributed by atoms with E-state index in [0.29, 0.717) is 50.0 Å². The number of aromatic nitrogens is 2. The highest BCUT2D eigenvalue weighted by molar-refractivity contribution is 5.98. The lowest BCUT2D eigenvalue weighted by molar-refractivity contribution is 0.0669. The monoisotopic (exact) mass is 343 g/mol. The average Bonchev–Trinajstić information content (AvgIpc) is 3.01. The predicted octanol–water partition coefficient (Wildman–Crippen LogP) is 1.58. The first-order chi connectivity index (χ1) is 12.2. The molecule has 25 heavy (non-hydrogen) atoms. The number of benzene rings is 1. The summed E-state index contributed by atoms with van der Waals surface area (Å²) in [5.74, 6) is 1.18. The molecule has 1 aromatic carbocycles. The molecule has 0 unspecified atom stereocenters. The zero-order valence-electron chi connectivity index (χ0n) is 14.4. The zero-order chi connectivity index (χ0) is 17.4. The topological polar surface area (TPSA) is 65.8 Å². The summed E-state index contributed by atoms with van der Waals surface area (Å²) in [5, 5.41) is 4.54. The van der Waals surface area contributed by atoms with E-state index in [4.69, 9.17) is 14.2 Å². The lowest BCUT2D eigenvalue weighted by Crippen LogP contribution is -2.39. The molecular formula is C18H21N3O4. The molecule has 3 heterocycles. The molecule has 4 rings (SSSR count). The summed E-state index contributed by atoms with van der Waals surface area (Å²) in [6, 6.07) is 5.45. The van der Waals surface area contributed by atoms with Crippen LogP contribution in [0.3, 0.4) is 0 Å². The standard InChI is InChI=1S/C18H21N3O4/c1-20-8-12-9-21(10-13(11-23-2)16(12)19-20)18(22)14-4-3-5-15-17(14)25-7-6-24-15/h3-5,8,13H,6-7,9-11H2,1-2H3/t13-/m1/s1. The highest BCUT2D eigenvalue weighted by Crippen LogP contribution is 2.36. The minimum Gasteiger partial charge on any atom is -0.486 e. The maximum atomic E-state index is 13.2. The van der Waals surface area contributed by atoms with Gasteiger partial charge in [-0.15, -0.1) is 0 Å². The molecule has 0 N–H and O–H groups in total. The minimum atomic E-state index is -0.0574. The molecule has 0 radical (unpaired) electrons. The third-order valence-electron chi connectivity index (χ3n) is 4.58. The predicted molar refractivity (Wildman–Crippen MR) is 90.0 cm³/mol. The second-order valence-corrected chi connectivity index (χ2v) is 6.38. The Morgan fingerprint density at radius 1 is 1.36 bits per heavy atom. The number of carbonyl (C=O) groups is 1. The lowest BCUT2D eigenvalue weighted by atomic mass is 9.96. The third-order valence-corrected chi connectivity index (χ3v) is 4.58. The second-order valence-electron chi connectivity index (χ2n) is 6.38. The molecule has 0 aliphatic carbocycles. The molecule has 0 bridgehead atoms. The van der Waals surface area contributed by atoms with Crippen LogP contribution in [-0.2, 0) is 18.3 Å². The van der Waals surface area contributed by atoms with Gasteiger partial charge in [-0.1, -0.05) is 6.07 Å². The van der Waals surface area contributed by atoms with Crippen molar-refractivity contribution in [2.45, 2.75) is 12.5 Å². The number of hydrogen-bond acceptors (Lipinski definition) is 5. The van der Waals surface area contributed by atoms with E-state index in [0.717, 1.165) is 11.3 Å². The van der Waals surface area contributed by atoms with E-state index >= 15 is 0 Å². The van der Waals surface area contributed by atoms with Crippen molar-refractivity contribution in [3.63, 3.8) is 0 Å². The van der Waals surface area contributed by atoms with Gasteiger partial charge in [0.05, 0.1) is 17.9 Å². The number of amides is 1. The van der Waals surface area contributed by atoms with E-state index in [2.05, 4.69) is 5.10 Å². The molecule has 2 aliphatic heterocycles. The zero-order valence-corrected chi connectivity index (χ0v) is 14.4. The largest absolute Gasteiger partial charge is 0.486 e. The molecule has 1 atom stereocenters. The molecule has 1 amide bonds. The van der Waals surface area contributed by atoms with Crippen LogP contribution in [0.4, 0.5) is 0 Å². The van der Waals surface area contributed by atoms with Crippen LogP contribution in [0, 0.1) is 0 Å². The van der Waals surface area contributed by atoms with Crippen LogP contribution in [0.2, 0.25) is 0 Å². The van der Waals surface area contributed by atoms with Crippen LogP contribution in [0.1, 0.15) is 27.5 Å². The number of hydrogen-bond donors (Lipinski definition) is 0. The fourth-order valence-corrected chi connectivity index (χ4v) is 3.54. The SMILES string of the molecule is COC[C@H]1CN(C(=O)c2cccc3c2OCCO3)Cc2cn(C)nc21. The number of para-hydroxylation sites is 1. The number of carbonyl (C=O) groups excluding carboxylic acids is 1. The van der Waals surface area contributed by atoms with Gasteiger partial charge >= 0.3 is 0 Å². The lowest BCUT2D eigenvalue weighted by Gasteiger charge is -2.32. The smallest absolute Gasteiger partial charge is 0.258 e. The first-order valence-electron chi connectivity index (χ1n) is 8.36. The summed E-state index contributed by atoms with van der Waals surface area (Å²) >= 11 is 0. The van der Waals surface area contributed by atoms with E-state index in [1.54, 1.807) is 17.9 Å². The number of fused-ring (bicyclic) bond motifs is 2. The molecule has 132 valence electrons. The van der Waals surface area contributed by atoms with E-state index in [9.17, 15) is 4.79 Å². The van der Waals surface area contributed by atoms with Gasteiger partial charge in [-0.05, 0) is 12.1 Å². The number of rotatable bonds is 3. The minimum absolute atomic E-state index is 0.0574. The van der Waals surface area contributed by atoms with Gasteiger partial charge in [-0.25, -0.2) is 0 Å². The Balaban J connectivity index is 1.65. The fourth-order valence-electron chi connectivity index (χ4n) is 3.54. The quantitative estimate of drug-likeness (QED) is 0.846. The number of ether oxygens (including phenoxy) is 3. The van der Waals surface area contributed by atoms with E-state index in [1.165, 1.54) is 0 Å². The Morgan fingerprint density at radius 2 is 2.20 bits per heavy atom. The summed E-state index contributed by atoms with van der Waals surface area (Å²) < 4.78 is 18.4. The van der Waals surface area contributed by atoms with E-state index < -0.39 is 0 Å². The summed E-state index contributed by atoms with van der Waals surface area (Å²) in [6.45, 7) is 2.59. The summed E-state index contributed by atoms with van der Waals surface area (Å²) in [7, 11) is 3.56. The van der Waals surface area contributed by atoms with Crippen molar-refractivity contribution in [1.82, 2.24) is 14.7 Å². The van der Waals surface area contributed by atoms with Gasteiger partial charge in [-0.3, -0.25) is 9.48 Å². The number of nitrogens with zero attached hydrogens (tertiary/aromatic N) is 3. The Bertz CT molecular complexity index is 802. The Hall–Kier alpha value is -2.54.